The van der Waals surface area contributed by atoms with E-state index >= 15 is 0 Å². The van der Waals surface area contributed by atoms with Crippen molar-refractivity contribution in [3.8, 4) is 11.5 Å². The molecule has 0 unspecified atom stereocenters. The molecule has 1 spiro atoms. The highest BCUT2D eigenvalue weighted by Crippen LogP contribution is 2.62. The van der Waals surface area contributed by atoms with Crippen LogP contribution < -0.4 is 4.74 Å². The lowest BCUT2D eigenvalue weighted by molar-refractivity contribution is -0.134. The van der Waals surface area contributed by atoms with E-state index in [1.165, 1.54) is 11.1 Å². The monoisotopic (exact) mass is 399 g/mol. The molecule has 9 heteroatoms. The molecule has 9 nitrogen and oxygen atoms in total. The molecule has 2 heterocycles. The van der Waals surface area contributed by atoms with Gasteiger partial charge in [-0.3, -0.25) is 4.79 Å². The van der Waals surface area contributed by atoms with Crippen molar-refractivity contribution in [2.24, 2.45) is 5.92 Å². The summed E-state index contributed by atoms with van der Waals surface area (Å²) in [6, 6.07) is 4.23. The molecule has 28 heavy (non-hydrogen) atoms. The van der Waals surface area contributed by atoms with Crippen molar-refractivity contribution in [1.29, 1.82) is 0 Å². The smallest absolute Gasteiger partial charge is 0.300 e. The van der Waals surface area contributed by atoms with Gasteiger partial charge in [0.1, 0.15) is 12.2 Å². The number of piperidine rings is 1. The molecule has 9 N–H and O–H groups in total. The van der Waals surface area contributed by atoms with E-state index in [1.54, 1.807) is 6.07 Å². The Morgan fingerprint density at radius 1 is 1.25 bits per heavy atom. The van der Waals surface area contributed by atoms with Gasteiger partial charge in [0.15, 0.2) is 11.5 Å². The summed E-state index contributed by atoms with van der Waals surface area (Å²) in [5.74, 6) is 0.356. The molecule has 1 aromatic rings. The third kappa shape index (κ3) is 3.05. The maximum absolute atomic E-state index is 10.4. The van der Waals surface area contributed by atoms with Gasteiger partial charge in [0.2, 0.25) is 0 Å². The first kappa shape index (κ1) is 23.9. The number of phenols is 1. The van der Waals surface area contributed by atoms with Gasteiger partial charge in [-0.2, -0.15) is 0 Å². The summed E-state index contributed by atoms with van der Waals surface area (Å²) in [5, 5.41) is 28.1. The Morgan fingerprint density at radius 3 is 2.54 bits per heavy atom. The highest BCUT2D eigenvalue weighted by Gasteiger charge is 2.64. The van der Waals surface area contributed by atoms with Crippen molar-refractivity contribution in [3.05, 3.63) is 35.4 Å². The molecule has 158 valence electrons. The molecule has 4 aliphatic rings. The van der Waals surface area contributed by atoms with E-state index < -0.39 is 12.1 Å². The molecule has 0 aromatic heterocycles. The van der Waals surface area contributed by atoms with Crippen LogP contribution in [0.5, 0.6) is 11.5 Å². The molecular formula is C19H29NO8. The fourth-order valence-electron chi connectivity index (χ4n) is 5.24. The average molecular weight is 399 g/mol. The number of benzene rings is 1. The summed E-state index contributed by atoms with van der Waals surface area (Å²) >= 11 is 0. The van der Waals surface area contributed by atoms with Crippen molar-refractivity contribution in [1.82, 2.24) is 4.90 Å². The number of hydrogen-bond donors (Lipinski definition) is 3. The first-order chi connectivity index (χ1) is 11.9. The zero-order valence-corrected chi connectivity index (χ0v) is 15.8. The van der Waals surface area contributed by atoms with Crippen molar-refractivity contribution >= 4 is 5.97 Å². The van der Waals surface area contributed by atoms with E-state index in [0.29, 0.717) is 17.7 Å². The Bertz CT molecular complexity index is 763. The standard InChI is InChI=1S/C17H19NO3.C2H4O2.3H2O/c1-18-7-6-17-10-3-5-13(20)16(17)21-15-12(19)4-2-9(14(15)17)8-11(10)18;1-2(3)4;;;/h2-5,10-11,13,16,19-20H,6-8H2,1H3;1H3,(H,3,4);3*1H2/t10-,11+,13-,16-,17-;;;;/m0..../s1. The van der Waals surface area contributed by atoms with E-state index in [2.05, 4.69) is 18.0 Å². The second-order valence-corrected chi connectivity index (χ2v) is 7.45. The third-order valence-corrected chi connectivity index (χ3v) is 6.15. The Kier molecular flexibility index (Phi) is 6.87. The molecule has 1 saturated heterocycles. The van der Waals surface area contributed by atoms with Gasteiger partial charge < -0.3 is 41.4 Å². The molecular weight excluding hydrogens is 370 g/mol. The molecule has 0 amide bonds. The summed E-state index contributed by atoms with van der Waals surface area (Å²) in [6.45, 7) is 2.09. The van der Waals surface area contributed by atoms with Crippen LogP contribution in [0.4, 0.5) is 0 Å². The summed E-state index contributed by atoms with van der Waals surface area (Å²) in [7, 11) is 2.19. The lowest BCUT2D eigenvalue weighted by atomic mass is 9.53. The van der Waals surface area contributed by atoms with E-state index in [9.17, 15) is 10.2 Å². The van der Waals surface area contributed by atoms with Crippen LogP contribution in [0.25, 0.3) is 0 Å². The van der Waals surface area contributed by atoms with Crippen molar-refractivity contribution in [3.63, 3.8) is 0 Å². The molecule has 2 bridgehead atoms. The maximum Gasteiger partial charge on any atom is 0.300 e. The molecule has 5 rings (SSSR count). The van der Waals surface area contributed by atoms with Gasteiger partial charge >= 0.3 is 0 Å². The average Bonchev–Trinajstić information content (AvgIpc) is 2.90. The summed E-state index contributed by atoms with van der Waals surface area (Å²) in [5.41, 5.74) is 2.29. The van der Waals surface area contributed by atoms with Gasteiger partial charge in [0.05, 0.1) is 0 Å². The predicted molar refractivity (Wildman–Crippen MR) is 102 cm³/mol. The van der Waals surface area contributed by atoms with Crippen LogP contribution in [-0.4, -0.2) is 74.5 Å². The van der Waals surface area contributed by atoms with Gasteiger partial charge in [-0.05, 0) is 38.1 Å². The SMILES string of the molecule is CC(=O)O.CN1CC[C@]23c4c5ccc(O)c4O[C@H]2[C@@H](O)C=C[C@H]3[C@H]1C5.O.O.O. The van der Waals surface area contributed by atoms with Crippen LogP contribution in [-0.2, 0) is 16.6 Å². The number of ether oxygens (including phenoxy) is 1. The molecule has 0 saturated carbocycles. The van der Waals surface area contributed by atoms with Crippen LogP contribution in [0.1, 0.15) is 24.5 Å². The molecule has 5 atom stereocenters. The number of carboxylic acid groups (broad SMARTS) is 1. The van der Waals surface area contributed by atoms with Gasteiger partial charge in [-0.15, -0.1) is 0 Å². The lowest BCUT2D eigenvalue weighted by Gasteiger charge is -2.56. The van der Waals surface area contributed by atoms with Crippen LogP contribution in [0, 0.1) is 5.92 Å². The van der Waals surface area contributed by atoms with Gasteiger partial charge in [0.25, 0.3) is 5.97 Å². The Morgan fingerprint density at radius 2 is 1.89 bits per heavy atom. The molecule has 2 aliphatic carbocycles. The largest absolute Gasteiger partial charge is 0.504 e. The van der Waals surface area contributed by atoms with Crippen LogP contribution in [0.2, 0.25) is 0 Å². The zero-order chi connectivity index (χ0) is 17.9. The number of phenolic OH excluding ortho intramolecular Hbond substituents is 1. The number of aliphatic hydroxyl groups excluding tert-OH is 1. The van der Waals surface area contributed by atoms with E-state index in [0.717, 1.165) is 26.3 Å². The highest BCUT2D eigenvalue weighted by molar-refractivity contribution is 5.63. The molecule has 1 aromatic carbocycles. The highest BCUT2D eigenvalue weighted by atomic mass is 16.5. The van der Waals surface area contributed by atoms with Crippen LogP contribution in [0.15, 0.2) is 24.3 Å². The first-order valence-electron chi connectivity index (χ1n) is 8.64. The van der Waals surface area contributed by atoms with Gasteiger partial charge in [-0.1, -0.05) is 18.2 Å². The third-order valence-electron chi connectivity index (χ3n) is 6.15. The normalized spacial score (nSPS) is 32.8. The topological polar surface area (TPSA) is 185 Å². The zero-order valence-electron chi connectivity index (χ0n) is 15.8. The predicted octanol–water partition coefficient (Wildman–Crippen LogP) is -1.19. The first-order valence-corrected chi connectivity index (χ1v) is 8.64. The van der Waals surface area contributed by atoms with Crippen molar-refractivity contribution < 1.29 is 41.3 Å². The summed E-state index contributed by atoms with van der Waals surface area (Å²) in [4.78, 5) is 11.4. The van der Waals surface area contributed by atoms with E-state index in [4.69, 9.17) is 14.6 Å². The maximum atomic E-state index is 10.4. The van der Waals surface area contributed by atoms with Crippen LogP contribution in [0.3, 0.4) is 0 Å². The second kappa shape index (κ2) is 8.06. The number of aliphatic hydroxyl groups is 1. The number of aromatic hydroxyl groups is 1. The number of aliphatic carboxylic acids is 1. The summed E-state index contributed by atoms with van der Waals surface area (Å²) in [6.07, 6.45) is 5.18. The fourth-order valence-corrected chi connectivity index (χ4v) is 5.24. The van der Waals surface area contributed by atoms with Gasteiger partial charge in [0, 0.05) is 29.9 Å². The number of likely N-dealkylation sites (N-methyl/N-ethyl adjacent to an activating group) is 1. The molecule has 1 fully saturated rings. The molecule has 2 aliphatic heterocycles. The summed E-state index contributed by atoms with van der Waals surface area (Å²) < 4.78 is 6.09. The minimum Gasteiger partial charge on any atom is -0.504 e. The Hall–Kier alpha value is -2.17. The Balaban J connectivity index is 0.000000517. The molecule has 0 radical (unpaired) electrons. The number of nitrogens with zero attached hydrogens (tertiary/aromatic N) is 1. The van der Waals surface area contributed by atoms with E-state index in [1.807, 2.05) is 12.1 Å². The number of hydrogen-bond acceptors (Lipinski definition) is 5. The quantitative estimate of drug-likeness (QED) is 0.460. The van der Waals surface area contributed by atoms with Gasteiger partial charge in [-0.25, -0.2) is 0 Å². The minimum atomic E-state index is -0.833. The van der Waals surface area contributed by atoms with Crippen molar-refractivity contribution in [2.75, 3.05) is 13.6 Å². The minimum absolute atomic E-state index is 0. The lowest BCUT2D eigenvalue weighted by Crippen LogP contribution is -2.64. The fraction of sp³-hybridized carbons (Fsp3) is 0.526. The number of carbonyl (C=O) groups is 1. The number of likely N-dealkylation sites (tertiary alicyclic amines) is 1. The van der Waals surface area contributed by atoms with Crippen LogP contribution >= 0.6 is 0 Å². The number of rotatable bonds is 0. The number of carboxylic acids is 1. The van der Waals surface area contributed by atoms with E-state index in [-0.39, 0.29) is 33.7 Å². The Labute approximate surface area is 162 Å². The second-order valence-electron chi connectivity index (χ2n) is 7.45. The van der Waals surface area contributed by atoms with Crippen molar-refractivity contribution in [2.45, 2.75) is 43.4 Å².